The van der Waals surface area contributed by atoms with Crippen molar-refractivity contribution < 1.29 is 18.3 Å². The van der Waals surface area contributed by atoms with Crippen molar-refractivity contribution in [3.8, 4) is 11.5 Å². The van der Waals surface area contributed by atoms with Crippen LogP contribution in [0, 0.1) is 5.41 Å². The minimum Gasteiger partial charge on any atom is -0.506 e. The highest BCUT2D eigenvalue weighted by Gasteiger charge is 2.18. The minimum atomic E-state index is -3.46. The van der Waals surface area contributed by atoms with Crippen LogP contribution in [0.5, 0.6) is 11.5 Å². The Balaban J connectivity index is 2.78. The first-order valence-electron chi connectivity index (χ1n) is 6.00. The normalized spacial score (nSPS) is 12.2. The van der Waals surface area contributed by atoms with Crippen LogP contribution < -0.4 is 9.46 Å². The van der Waals surface area contributed by atoms with E-state index in [1.807, 2.05) is 20.8 Å². The van der Waals surface area contributed by atoms with Crippen LogP contribution >= 0.6 is 0 Å². The number of rotatable bonds is 5. The molecule has 0 unspecified atom stereocenters. The highest BCUT2D eigenvalue weighted by molar-refractivity contribution is 7.92. The number of phenols is 1. The van der Waals surface area contributed by atoms with Crippen LogP contribution in [0.1, 0.15) is 27.2 Å². The van der Waals surface area contributed by atoms with Crippen molar-refractivity contribution in [1.82, 2.24) is 0 Å². The fraction of sp³-hybridized carbons (Fsp3) is 0.538. The van der Waals surface area contributed by atoms with Crippen LogP contribution in [-0.4, -0.2) is 26.4 Å². The second kappa shape index (κ2) is 5.69. The molecule has 0 aromatic heterocycles. The molecular formula is C13H21NO4S. The zero-order valence-corrected chi connectivity index (χ0v) is 12.5. The standard InChI is InChI=1S/C13H21NO4S/c1-13(2,3)7-8-19(16,17)14-11-6-5-10(18-4)9-12(11)15/h5-6,9,14-15H,7-8H2,1-4H3. The molecule has 1 aromatic rings. The van der Waals surface area contributed by atoms with Crippen LogP contribution in [0.2, 0.25) is 0 Å². The summed E-state index contributed by atoms with van der Waals surface area (Å²) in [7, 11) is -1.99. The molecule has 0 aliphatic rings. The lowest BCUT2D eigenvalue weighted by Gasteiger charge is -2.18. The van der Waals surface area contributed by atoms with Gasteiger partial charge in [0.25, 0.3) is 0 Å². The maximum atomic E-state index is 11.9. The van der Waals surface area contributed by atoms with Crippen LogP contribution in [0.15, 0.2) is 18.2 Å². The summed E-state index contributed by atoms with van der Waals surface area (Å²) < 4.78 is 31.1. The highest BCUT2D eigenvalue weighted by Crippen LogP contribution is 2.29. The number of ether oxygens (including phenoxy) is 1. The molecule has 0 saturated heterocycles. The van der Waals surface area contributed by atoms with E-state index in [0.717, 1.165) is 0 Å². The van der Waals surface area contributed by atoms with E-state index < -0.39 is 10.0 Å². The molecule has 5 nitrogen and oxygen atoms in total. The van der Waals surface area contributed by atoms with E-state index in [-0.39, 0.29) is 22.6 Å². The molecule has 2 N–H and O–H groups in total. The average Bonchev–Trinajstić information content (AvgIpc) is 2.28. The first-order valence-corrected chi connectivity index (χ1v) is 7.66. The number of phenolic OH excluding ortho intramolecular Hbond substituents is 1. The Kier molecular flexibility index (Phi) is 4.68. The van der Waals surface area contributed by atoms with Gasteiger partial charge >= 0.3 is 0 Å². The Morgan fingerprint density at radius 3 is 2.42 bits per heavy atom. The third-order valence-electron chi connectivity index (χ3n) is 2.59. The molecule has 6 heteroatoms. The fourth-order valence-corrected chi connectivity index (χ4v) is 2.87. The summed E-state index contributed by atoms with van der Waals surface area (Å²) in [5.74, 6) is 0.330. The van der Waals surface area contributed by atoms with Gasteiger partial charge in [0.15, 0.2) is 0 Å². The smallest absolute Gasteiger partial charge is 0.232 e. The summed E-state index contributed by atoms with van der Waals surface area (Å²) in [5, 5.41) is 9.71. The molecule has 0 heterocycles. The number of nitrogens with one attached hydrogen (secondary N) is 1. The lowest BCUT2D eigenvalue weighted by atomic mass is 9.94. The first kappa shape index (κ1) is 15.6. The maximum absolute atomic E-state index is 11.9. The van der Waals surface area contributed by atoms with E-state index in [1.54, 1.807) is 6.07 Å². The zero-order chi connectivity index (χ0) is 14.7. The SMILES string of the molecule is COc1ccc(NS(=O)(=O)CCC(C)(C)C)c(O)c1. The number of sulfonamides is 1. The molecule has 0 amide bonds. The van der Waals surface area contributed by atoms with E-state index in [9.17, 15) is 13.5 Å². The number of hydrogen-bond donors (Lipinski definition) is 2. The van der Waals surface area contributed by atoms with Crippen LogP contribution in [0.4, 0.5) is 5.69 Å². The molecule has 0 aliphatic heterocycles. The monoisotopic (exact) mass is 287 g/mol. The highest BCUT2D eigenvalue weighted by atomic mass is 32.2. The summed E-state index contributed by atoms with van der Waals surface area (Å²) in [6.45, 7) is 5.94. The molecule has 0 spiro atoms. The van der Waals surface area contributed by atoms with Gasteiger partial charge in [-0.05, 0) is 24.0 Å². The van der Waals surface area contributed by atoms with Gasteiger partial charge < -0.3 is 9.84 Å². The summed E-state index contributed by atoms with van der Waals surface area (Å²) in [5.41, 5.74) is 0.103. The van der Waals surface area contributed by atoms with E-state index in [0.29, 0.717) is 12.2 Å². The number of benzene rings is 1. The number of aromatic hydroxyl groups is 1. The minimum absolute atomic E-state index is 0.0158. The number of hydrogen-bond acceptors (Lipinski definition) is 4. The summed E-state index contributed by atoms with van der Waals surface area (Å²) in [6.07, 6.45) is 0.541. The molecule has 0 atom stereocenters. The first-order chi connectivity index (χ1) is 8.63. The predicted molar refractivity (Wildman–Crippen MR) is 76.1 cm³/mol. The molecule has 0 saturated carbocycles. The molecule has 108 valence electrons. The zero-order valence-electron chi connectivity index (χ0n) is 11.7. The van der Waals surface area contributed by atoms with Gasteiger partial charge in [0.1, 0.15) is 11.5 Å². The Labute approximate surface area is 114 Å². The van der Waals surface area contributed by atoms with E-state index in [4.69, 9.17) is 4.74 Å². The summed E-state index contributed by atoms with van der Waals surface area (Å²) in [4.78, 5) is 0. The van der Waals surface area contributed by atoms with E-state index in [2.05, 4.69) is 4.72 Å². The molecule has 1 aromatic carbocycles. The second-order valence-electron chi connectivity index (χ2n) is 5.61. The second-order valence-corrected chi connectivity index (χ2v) is 7.46. The molecule has 0 aliphatic carbocycles. The third-order valence-corrected chi connectivity index (χ3v) is 3.86. The molecule has 0 bridgehead atoms. The van der Waals surface area contributed by atoms with E-state index >= 15 is 0 Å². The van der Waals surface area contributed by atoms with Gasteiger partial charge in [0, 0.05) is 6.07 Å². The summed E-state index contributed by atoms with van der Waals surface area (Å²) >= 11 is 0. The van der Waals surface area contributed by atoms with Gasteiger partial charge in [-0.1, -0.05) is 20.8 Å². The number of anilines is 1. The molecule has 0 fully saturated rings. The summed E-state index contributed by atoms with van der Waals surface area (Å²) in [6, 6.07) is 4.42. The third kappa shape index (κ3) is 5.38. The van der Waals surface area contributed by atoms with Gasteiger partial charge in [0.2, 0.25) is 10.0 Å². The molecule has 0 radical (unpaired) electrons. The largest absolute Gasteiger partial charge is 0.506 e. The van der Waals surface area contributed by atoms with Crippen molar-refractivity contribution in [3.63, 3.8) is 0 Å². The maximum Gasteiger partial charge on any atom is 0.232 e. The topological polar surface area (TPSA) is 75.6 Å². The van der Waals surface area contributed by atoms with Crippen molar-refractivity contribution in [2.75, 3.05) is 17.6 Å². The van der Waals surface area contributed by atoms with Crippen LogP contribution in [0.3, 0.4) is 0 Å². The predicted octanol–water partition coefficient (Wildman–Crippen LogP) is 2.58. The van der Waals surface area contributed by atoms with Crippen molar-refractivity contribution in [2.45, 2.75) is 27.2 Å². The van der Waals surface area contributed by atoms with Crippen molar-refractivity contribution in [3.05, 3.63) is 18.2 Å². The number of methoxy groups -OCH3 is 1. The van der Waals surface area contributed by atoms with Crippen molar-refractivity contribution >= 4 is 15.7 Å². The quantitative estimate of drug-likeness (QED) is 0.816. The van der Waals surface area contributed by atoms with Gasteiger partial charge in [-0.15, -0.1) is 0 Å². The molecular weight excluding hydrogens is 266 g/mol. The van der Waals surface area contributed by atoms with Crippen molar-refractivity contribution in [2.24, 2.45) is 5.41 Å². The Morgan fingerprint density at radius 2 is 1.95 bits per heavy atom. The Hall–Kier alpha value is -1.43. The van der Waals surface area contributed by atoms with Gasteiger partial charge in [-0.25, -0.2) is 8.42 Å². The lowest BCUT2D eigenvalue weighted by molar-refractivity contribution is 0.397. The molecule has 1 rings (SSSR count). The van der Waals surface area contributed by atoms with Crippen molar-refractivity contribution in [1.29, 1.82) is 0 Å². The lowest BCUT2D eigenvalue weighted by Crippen LogP contribution is -2.20. The Bertz CT molecular complexity index is 532. The fourth-order valence-electron chi connectivity index (χ4n) is 1.38. The average molecular weight is 287 g/mol. The van der Waals surface area contributed by atoms with Gasteiger partial charge in [-0.2, -0.15) is 0 Å². The van der Waals surface area contributed by atoms with Gasteiger partial charge in [-0.3, -0.25) is 4.72 Å². The van der Waals surface area contributed by atoms with Gasteiger partial charge in [0.05, 0.1) is 18.6 Å². The van der Waals surface area contributed by atoms with Crippen LogP contribution in [-0.2, 0) is 10.0 Å². The Morgan fingerprint density at radius 1 is 1.32 bits per heavy atom. The van der Waals surface area contributed by atoms with E-state index in [1.165, 1.54) is 19.2 Å². The van der Waals surface area contributed by atoms with Crippen LogP contribution in [0.25, 0.3) is 0 Å². The molecule has 19 heavy (non-hydrogen) atoms.